The van der Waals surface area contributed by atoms with Crippen molar-refractivity contribution in [1.82, 2.24) is 0 Å². The van der Waals surface area contributed by atoms with Crippen LogP contribution in [0.1, 0.15) is 23.7 Å². The normalized spacial score (nSPS) is 12.3. The topological polar surface area (TPSA) is 58.6 Å². The van der Waals surface area contributed by atoms with Gasteiger partial charge in [0, 0.05) is 24.2 Å². The molecule has 0 aromatic heterocycles. The standard InChI is InChI=1S/C16H19NO3/c1-3-11(10-20-2)17-15-9-8-14(16(18)19)12-6-4-5-7-13(12)15/h4-9,11,17H,3,10H2,1-2H3,(H,18,19). The number of carboxylic acids is 1. The number of carboxylic acid groups (broad SMARTS) is 1. The molecule has 4 heteroatoms. The number of rotatable bonds is 6. The van der Waals surface area contributed by atoms with Gasteiger partial charge in [0.25, 0.3) is 0 Å². The van der Waals surface area contributed by atoms with Crippen molar-refractivity contribution in [1.29, 1.82) is 0 Å². The van der Waals surface area contributed by atoms with Crippen LogP contribution < -0.4 is 5.32 Å². The van der Waals surface area contributed by atoms with E-state index in [4.69, 9.17) is 4.74 Å². The fraction of sp³-hybridized carbons (Fsp3) is 0.312. The van der Waals surface area contributed by atoms with E-state index in [0.29, 0.717) is 12.2 Å². The highest BCUT2D eigenvalue weighted by Gasteiger charge is 2.13. The number of aromatic carboxylic acids is 1. The van der Waals surface area contributed by atoms with Crippen LogP contribution in [0.3, 0.4) is 0 Å². The van der Waals surface area contributed by atoms with Crippen molar-refractivity contribution in [3.8, 4) is 0 Å². The Morgan fingerprint density at radius 3 is 2.55 bits per heavy atom. The molecule has 1 atom stereocenters. The van der Waals surface area contributed by atoms with Gasteiger partial charge in [-0.2, -0.15) is 0 Å². The molecule has 0 aliphatic carbocycles. The fourth-order valence-electron chi connectivity index (χ4n) is 2.29. The zero-order chi connectivity index (χ0) is 14.5. The predicted molar refractivity (Wildman–Crippen MR) is 80.5 cm³/mol. The van der Waals surface area contributed by atoms with E-state index in [9.17, 15) is 9.90 Å². The zero-order valence-electron chi connectivity index (χ0n) is 11.7. The fourth-order valence-corrected chi connectivity index (χ4v) is 2.29. The summed E-state index contributed by atoms with van der Waals surface area (Å²) in [7, 11) is 1.68. The minimum Gasteiger partial charge on any atom is -0.478 e. The second-order valence-electron chi connectivity index (χ2n) is 4.72. The number of ether oxygens (including phenoxy) is 1. The van der Waals surface area contributed by atoms with Gasteiger partial charge < -0.3 is 15.2 Å². The lowest BCUT2D eigenvalue weighted by atomic mass is 10.0. The molecule has 106 valence electrons. The molecule has 4 nitrogen and oxygen atoms in total. The number of anilines is 1. The van der Waals surface area contributed by atoms with Crippen molar-refractivity contribution in [3.05, 3.63) is 42.0 Å². The number of fused-ring (bicyclic) bond motifs is 1. The first-order chi connectivity index (χ1) is 9.67. The van der Waals surface area contributed by atoms with E-state index < -0.39 is 5.97 Å². The number of benzene rings is 2. The smallest absolute Gasteiger partial charge is 0.336 e. The highest BCUT2D eigenvalue weighted by atomic mass is 16.5. The Hall–Kier alpha value is -2.07. The lowest BCUT2D eigenvalue weighted by Gasteiger charge is -2.19. The summed E-state index contributed by atoms with van der Waals surface area (Å²) in [6, 6.07) is 11.2. The Bertz CT molecular complexity index is 610. The summed E-state index contributed by atoms with van der Waals surface area (Å²) < 4.78 is 5.18. The minimum absolute atomic E-state index is 0.207. The lowest BCUT2D eigenvalue weighted by molar-refractivity contribution is 0.0699. The van der Waals surface area contributed by atoms with Crippen molar-refractivity contribution in [2.45, 2.75) is 19.4 Å². The third kappa shape index (κ3) is 2.91. The molecule has 0 bridgehead atoms. The van der Waals surface area contributed by atoms with Gasteiger partial charge in [-0.25, -0.2) is 4.79 Å². The van der Waals surface area contributed by atoms with Crippen LogP contribution in [0.25, 0.3) is 10.8 Å². The lowest BCUT2D eigenvalue weighted by Crippen LogP contribution is -2.24. The van der Waals surface area contributed by atoms with Crippen molar-refractivity contribution < 1.29 is 14.6 Å². The second kappa shape index (κ2) is 6.39. The van der Waals surface area contributed by atoms with Crippen LogP contribution in [0.2, 0.25) is 0 Å². The Kier molecular flexibility index (Phi) is 4.58. The molecule has 2 aromatic rings. The van der Waals surface area contributed by atoms with E-state index in [0.717, 1.165) is 22.9 Å². The summed E-state index contributed by atoms with van der Waals surface area (Å²) >= 11 is 0. The maximum Gasteiger partial charge on any atom is 0.336 e. The highest BCUT2D eigenvalue weighted by Crippen LogP contribution is 2.27. The average molecular weight is 273 g/mol. The van der Waals surface area contributed by atoms with Crippen molar-refractivity contribution in [2.24, 2.45) is 0 Å². The van der Waals surface area contributed by atoms with Gasteiger partial charge in [-0.1, -0.05) is 31.2 Å². The van der Waals surface area contributed by atoms with Gasteiger partial charge >= 0.3 is 5.97 Å². The summed E-state index contributed by atoms with van der Waals surface area (Å²) in [4.78, 5) is 11.3. The van der Waals surface area contributed by atoms with E-state index in [1.807, 2.05) is 30.3 Å². The van der Waals surface area contributed by atoms with Crippen LogP contribution >= 0.6 is 0 Å². The first-order valence-corrected chi connectivity index (χ1v) is 6.67. The second-order valence-corrected chi connectivity index (χ2v) is 4.72. The first kappa shape index (κ1) is 14.3. The highest BCUT2D eigenvalue weighted by molar-refractivity contribution is 6.07. The SMILES string of the molecule is CCC(COC)Nc1ccc(C(=O)O)c2ccccc12. The van der Waals surface area contributed by atoms with Gasteiger partial charge in [0.2, 0.25) is 0 Å². The Morgan fingerprint density at radius 1 is 1.25 bits per heavy atom. The molecule has 2 rings (SSSR count). The summed E-state index contributed by atoms with van der Waals surface area (Å²) in [5.41, 5.74) is 1.26. The molecule has 2 N–H and O–H groups in total. The molecule has 0 radical (unpaired) electrons. The van der Waals surface area contributed by atoms with Crippen molar-refractivity contribution in [2.75, 3.05) is 19.0 Å². The number of nitrogens with one attached hydrogen (secondary N) is 1. The summed E-state index contributed by atoms with van der Waals surface area (Å²) in [6.07, 6.45) is 0.933. The number of hydrogen-bond donors (Lipinski definition) is 2. The van der Waals surface area contributed by atoms with E-state index in [-0.39, 0.29) is 6.04 Å². The molecule has 2 aromatic carbocycles. The summed E-state index contributed by atoms with van der Waals surface area (Å²) in [5.74, 6) is -0.906. The number of methoxy groups -OCH3 is 1. The van der Waals surface area contributed by atoms with Crippen molar-refractivity contribution in [3.63, 3.8) is 0 Å². The summed E-state index contributed by atoms with van der Waals surface area (Å²) in [6.45, 7) is 2.70. The molecular weight excluding hydrogens is 254 g/mol. The Balaban J connectivity index is 2.45. The molecule has 0 aliphatic heterocycles. The van der Waals surface area contributed by atoms with Crippen LogP contribution in [-0.2, 0) is 4.74 Å². The van der Waals surface area contributed by atoms with E-state index >= 15 is 0 Å². The van der Waals surface area contributed by atoms with E-state index in [1.54, 1.807) is 13.2 Å². The van der Waals surface area contributed by atoms with Crippen LogP contribution in [0.15, 0.2) is 36.4 Å². The average Bonchev–Trinajstić information content (AvgIpc) is 2.46. The van der Waals surface area contributed by atoms with Crippen LogP contribution in [0, 0.1) is 0 Å². The monoisotopic (exact) mass is 273 g/mol. The molecule has 0 heterocycles. The van der Waals surface area contributed by atoms with Crippen molar-refractivity contribution >= 4 is 22.4 Å². The third-order valence-electron chi connectivity index (χ3n) is 3.37. The van der Waals surface area contributed by atoms with Crippen LogP contribution in [0.5, 0.6) is 0 Å². The number of hydrogen-bond acceptors (Lipinski definition) is 3. The van der Waals surface area contributed by atoms with E-state index in [1.165, 1.54) is 0 Å². The number of carbonyl (C=O) groups is 1. The summed E-state index contributed by atoms with van der Waals surface area (Å²) in [5, 5.41) is 14.3. The van der Waals surface area contributed by atoms with Crippen LogP contribution in [0.4, 0.5) is 5.69 Å². The molecule has 0 aliphatic rings. The predicted octanol–water partition coefficient (Wildman–Crippen LogP) is 3.37. The molecule has 0 saturated carbocycles. The van der Waals surface area contributed by atoms with E-state index in [2.05, 4.69) is 12.2 Å². The maximum atomic E-state index is 11.3. The third-order valence-corrected chi connectivity index (χ3v) is 3.37. The van der Waals surface area contributed by atoms with Gasteiger partial charge in [0.1, 0.15) is 0 Å². The van der Waals surface area contributed by atoms with Gasteiger partial charge in [-0.15, -0.1) is 0 Å². The minimum atomic E-state index is -0.906. The first-order valence-electron chi connectivity index (χ1n) is 6.67. The maximum absolute atomic E-state index is 11.3. The van der Waals surface area contributed by atoms with Gasteiger partial charge in [0.05, 0.1) is 12.2 Å². The Labute approximate surface area is 118 Å². The molecule has 0 spiro atoms. The van der Waals surface area contributed by atoms with Gasteiger partial charge in [-0.3, -0.25) is 0 Å². The molecule has 0 saturated heterocycles. The van der Waals surface area contributed by atoms with Gasteiger partial charge in [-0.05, 0) is 23.9 Å². The molecule has 0 fully saturated rings. The Morgan fingerprint density at radius 2 is 1.95 bits per heavy atom. The molecule has 20 heavy (non-hydrogen) atoms. The quantitative estimate of drug-likeness (QED) is 0.847. The largest absolute Gasteiger partial charge is 0.478 e. The molecule has 1 unspecified atom stereocenters. The van der Waals surface area contributed by atoms with Crippen LogP contribution in [-0.4, -0.2) is 30.8 Å². The molecule has 0 amide bonds. The zero-order valence-corrected chi connectivity index (χ0v) is 11.7. The van der Waals surface area contributed by atoms with Gasteiger partial charge in [0.15, 0.2) is 0 Å². The molecular formula is C16H19NO3.